The van der Waals surface area contributed by atoms with Gasteiger partial charge < -0.3 is 4.48 Å². The van der Waals surface area contributed by atoms with Crippen molar-refractivity contribution in [2.45, 2.75) is 59.5 Å². The topological polar surface area (TPSA) is 54.4 Å². The molecule has 0 spiro atoms. The third-order valence-electron chi connectivity index (χ3n) is 3.42. The van der Waals surface area contributed by atoms with Crippen molar-refractivity contribution in [1.29, 1.82) is 0 Å². The molecule has 0 saturated carbocycles. The predicted octanol–water partition coefficient (Wildman–Crippen LogP) is 2.55. The van der Waals surface area contributed by atoms with E-state index in [1.54, 1.807) is 0 Å². The monoisotopic (exact) mass is 268 g/mol. The first kappa shape index (κ1) is 19.2. The number of quaternary nitrogens is 1. The van der Waals surface area contributed by atoms with Crippen LogP contribution in [0.5, 0.6) is 0 Å². The average molecular weight is 268 g/mol. The summed E-state index contributed by atoms with van der Waals surface area (Å²) in [6.45, 7) is 10.9. The van der Waals surface area contributed by atoms with Crippen LogP contribution < -0.4 is 0 Å². The molecule has 0 aromatic carbocycles. The van der Waals surface area contributed by atoms with Gasteiger partial charge in [0.15, 0.2) is 0 Å². The van der Waals surface area contributed by atoms with E-state index in [2.05, 4.69) is 41.8 Å². The van der Waals surface area contributed by atoms with Gasteiger partial charge in [-0.25, -0.2) is 0 Å². The van der Waals surface area contributed by atoms with E-state index in [0.29, 0.717) is 6.42 Å². The lowest BCUT2D eigenvalue weighted by Gasteiger charge is -2.38. The molecule has 0 radical (unpaired) electrons. The van der Waals surface area contributed by atoms with Crippen molar-refractivity contribution in [2.24, 2.45) is 0 Å². The Kier molecular flexibility index (Phi) is 9.11. The van der Waals surface area contributed by atoms with Crippen molar-refractivity contribution in [1.82, 2.24) is 0 Å². The molecule has 17 heavy (non-hydrogen) atoms. The molecule has 0 aromatic rings. The highest BCUT2D eigenvalue weighted by atomic mass is 32.2. The molecular weight excluding hydrogens is 238 g/mol. The van der Waals surface area contributed by atoms with Gasteiger partial charge in [-0.15, -0.1) is 0 Å². The van der Waals surface area contributed by atoms with Crippen molar-refractivity contribution in [3.05, 3.63) is 0 Å². The number of nitrogens with zero attached hydrogens (tertiary/aromatic N) is 1. The van der Waals surface area contributed by atoms with Crippen LogP contribution in [0.25, 0.3) is 0 Å². The maximum Gasteiger partial charge on any atom is 0.264 e. The summed E-state index contributed by atoms with van der Waals surface area (Å²) in [4.78, 5) is 0. The fourth-order valence-corrected chi connectivity index (χ4v) is 1.58. The van der Waals surface area contributed by atoms with E-state index < -0.39 is 10.1 Å². The molecule has 0 unspecified atom stereocenters. The molecule has 0 heterocycles. The first-order chi connectivity index (χ1) is 7.45. The van der Waals surface area contributed by atoms with Crippen molar-refractivity contribution in [3.8, 4) is 0 Å². The molecule has 0 aliphatic carbocycles. The lowest BCUT2D eigenvalue weighted by molar-refractivity contribution is -0.931. The second-order valence-corrected chi connectivity index (χ2v) is 7.03. The van der Waals surface area contributed by atoms with Crippen LogP contribution in [0.15, 0.2) is 0 Å². The second-order valence-electron chi connectivity index (χ2n) is 5.46. The summed E-state index contributed by atoms with van der Waals surface area (Å²) in [5, 5.41) is 0. The first-order valence-corrected chi connectivity index (χ1v) is 7.84. The Balaban J connectivity index is 0. The third kappa shape index (κ3) is 10.7. The Bertz CT molecular complexity index is 272. The minimum absolute atomic E-state index is 0.108. The normalized spacial score (nSPS) is 12.6. The lowest BCUT2D eigenvalue weighted by Crippen LogP contribution is -2.50. The Hall–Kier alpha value is -0.130. The highest BCUT2D eigenvalue weighted by Gasteiger charge is 2.22. The fraction of sp³-hybridized carbons (Fsp3) is 1.00. The lowest BCUT2D eigenvalue weighted by atomic mass is 10.2. The highest BCUT2D eigenvalue weighted by molar-refractivity contribution is 7.85. The summed E-state index contributed by atoms with van der Waals surface area (Å²) < 4.78 is 29.1. The van der Waals surface area contributed by atoms with Crippen molar-refractivity contribution >= 4 is 10.1 Å². The molecule has 0 amide bonds. The molecular formula is C12H30NO3S+. The molecule has 0 aromatic heterocycles. The number of hydrogen-bond donors (Lipinski definition) is 1. The summed E-state index contributed by atoms with van der Waals surface area (Å²) in [5.41, 5.74) is 0. The number of hydrogen-bond acceptors (Lipinski definition) is 2. The van der Waals surface area contributed by atoms with Crippen LogP contribution in [0.3, 0.4) is 0 Å². The Morgan fingerprint density at radius 3 is 1.47 bits per heavy atom. The Labute approximate surface area is 107 Å². The minimum Gasteiger partial charge on any atom is -0.325 e. The maximum atomic E-state index is 9.95. The number of unbranched alkanes of at least 4 members (excludes halogenated alkanes) is 1. The predicted molar refractivity (Wildman–Crippen MR) is 73.7 cm³/mol. The van der Waals surface area contributed by atoms with Gasteiger partial charge in [0.25, 0.3) is 10.1 Å². The van der Waals surface area contributed by atoms with Gasteiger partial charge in [0, 0.05) is 0 Å². The van der Waals surface area contributed by atoms with Gasteiger partial charge in [-0.1, -0.05) is 13.3 Å². The van der Waals surface area contributed by atoms with E-state index in [-0.39, 0.29) is 5.75 Å². The molecule has 0 aliphatic heterocycles. The zero-order valence-electron chi connectivity index (χ0n) is 12.4. The number of rotatable bonds is 5. The van der Waals surface area contributed by atoms with Crippen molar-refractivity contribution in [2.75, 3.05) is 19.8 Å². The Morgan fingerprint density at radius 2 is 1.41 bits per heavy atom. The summed E-state index contributed by atoms with van der Waals surface area (Å²) >= 11 is 0. The van der Waals surface area contributed by atoms with Gasteiger partial charge in [-0.3, -0.25) is 4.55 Å². The van der Waals surface area contributed by atoms with Crippen molar-refractivity contribution in [3.63, 3.8) is 0 Å². The molecule has 0 atom stereocenters. The van der Waals surface area contributed by atoms with Crippen LogP contribution in [-0.2, 0) is 10.1 Å². The Morgan fingerprint density at radius 1 is 1.06 bits per heavy atom. The molecule has 0 fully saturated rings. The van der Waals surface area contributed by atoms with Gasteiger partial charge >= 0.3 is 0 Å². The van der Waals surface area contributed by atoms with Crippen LogP contribution in [0.4, 0.5) is 0 Å². The minimum atomic E-state index is -3.69. The van der Waals surface area contributed by atoms with E-state index in [0.717, 1.165) is 23.0 Å². The van der Waals surface area contributed by atoms with Crippen LogP contribution >= 0.6 is 0 Å². The third-order valence-corrected chi connectivity index (χ3v) is 4.22. The standard InChI is InChI=1S/C8H20N.C4H10O3S/c1-7(2)9(5,6)8(3)4;1-2-3-4-8(5,6)7/h7-8H,1-6H3;2-4H2,1H3,(H,5,6,7)/q+1;. The van der Waals surface area contributed by atoms with Gasteiger partial charge in [0.1, 0.15) is 0 Å². The molecule has 1 N–H and O–H groups in total. The SMILES string of the molecule is CC(C)[N+](C)(C)C(C)C.CCCCS(=O)(=O)O. The molecule has 106 valence electrons. The quantitative estimate of drug-likeness (QED) is 0.616. The molecule has 0 bridgehead atoms. The molecule has 4 nitrogen and oxygen atoms in total. The summed E-state index contributed by atoms with van der Waals surface area (Å²) in [5.74, 6) is -0.108. The maximum absolute atomic E-state index is 9.95. The van der Waals surface area contributed by atoms with Gasteiger partial charge in [0.2, 0.25) is 0 Å². The largest absolute Gasteiger partial charge is 0.325 e. The highest BCUT2D eigenvalue weighted by Crippen LogP contribution is 2.10. The summed E-state index contributed by atoms with van der Waals surface area (Å²) in [6, 6.07) is 1.45. The van der Waals surface area contributed by atoms with Gasteiger partial charge in [0.05, 0.1) is 31.9 Å². The van der Waals surface area contributed by atoms with E-state index in [1.807, 2.05) is 6.92 Å². The first-order valence-electron chi connectivity index (χ1n) is 6.23. The van der Waals surface area contributed by atoms with Crippen molar-refractivity contribution < 1.29 is 17.5 Å². The van der Waals surface area contributed by atoms with Gasteiger partial charge in [-0.2, -0.15) is 8.42 Å². The smallest absolute Gasteiger partial charge is 0.264 e. The molecule has 5 heteroatoms. The van der Waals surface area contributed by atoms with Crippen LogP contribution in [0.2, 0.25) is 0 Å². The summed E-state index contributed by atoms with van der Waals surface area (Å²) in [7, 11) is 0.860. The van der Waals surface area contributed by atoms with E-state index in [9.17, 15) is 8.42 Å². The zero-order chi connectivity index (χ0) is 14.3. The zero-order valence-corrected chi connectivity index (χ0v) is 13.2. The van der Waals surface area contributed by atoms with E-state index >= 15 is 0 Å². The van der Waals surface area contributed by atoms with Crippen LogP contribution in [-0.4, -0.2) is 49.4 Å². The van der Waals surface area contributed by atoms with E-state index in [4.69, 9.17) is 4.55 Å². The van der Waals surface area contributed by atoms with Crippen LogP contribution in [0, 0.1) is 0 Å². The fourth-order valence-electron chi connectivity index (χ4n) is 0.923. The summed E-state index contributed by atoms with van der Waals surface area (Å²) in [6.07, 6.45) is 1.33. The molecule has 0 rings (SSSR count). The average Bonchev–Trinajstić information content (AvgIpc) is 2.14. The van der Waals surface area contributed by atoms with Crippen LogP contribution in [0.1, 0.15) is 47.5 Å². The molecule has 0 saturated heterocycles. The second kappa shape index (κ2) is 8.06. The van der Waals surface area contributed by atoms with E-state index in [1.165, 1.54) is 0 Å². The van der Waals surface area contributed by atoms with Gasteiger partial charge in [-0.05, 0) is 34.1 Å². The molecule has 0 aliphatic rings.